The van der Waals surface area contributed by atoms with Crippen molar-refractivity contribution in [2.45, 2.75) is 158 Å². The fourth-order valence-corrected chi connectivity index (χ4v) is 6.20. The minimum absolute atomic E-state index is 0.606. The van der Waals surface area contributed by atoms with Gasteiger partial charge in [-0.15, -0.1) is 0 Å². The number of hydrogen-bond acceptors (Lipinski definition) is 1. The summed E-state index contributed by atoms with van der Waals surface area (Å²) in [6.07, 6.45) is 22.6. The monoisotopic (exact) mass is 521 g/mol. The summed E-state index contributed by atoms with van der Waals surface area (Å²) < 4.78 is 0. The molecule has 0 amide bonds. The van der Waals surface area contributed by atoms with Crippen molar-refractivity contribution in [2.75, 3.05) is 0 Å². The second-order valence-corrected chi connectivity index (χ2v) is 11.8. The van der Waals surface area contributed by atoms with E-state index in [1.54, 1.807) is 5.57 Å². The summed E-state index contributed by atoms with van der Waals surface area (Å²) in [7, 11) is 0. The molecule has 1 unspecified atom stereocenters. The Hall–Kier alpha value is -1.76. The van der Waals surface area contributed by atoms with Gasteiger partial charge in [0.1, 0.15) is 0 Å². The van der Waals surface area contributed by atoms with Crippen molar-refractivity contribution in [3.63, 3.8) is 0 Å². The van der Waals surface area contributed by atoms with E-state index in [4.69, 9.17) is 12.3 Å². The minimum Gasteiger partial charge on any atom is -0.402 e. The lowest BCUT2D eigenvalue weighted by atomic mass is 9.77. The number of nitrogens with two attached hydrogens (primary N) is 1. The molecule has 216 valence electrons. The van der Waals surface area contributed by atoms with E-state index in [0.29, 0.717) is 5.92 Å². The smallest absolute Gasteiger partial charge is 0.0113 e. The number of allylic oxidation sites excluding steroid dienone is 10. The fraction of sp³-hybridized carbons (Fsp3) is 0.676. The molecule has 0 aromatic heterocycles. The van der Waals surface area contributed by atoms with Crippen LogP contribution >= 0.6 is 0 Å². The van der Waals surface area contributed by atoms with Crippen LogP contribution in [-0.2, 0) is 0 Å². The molecule has 1 aliphatic rings. The summed E-state index contributed by atoms with van der Waals surface area (Å²) >= 11 is 0. The second kappa shape index (κ2) is 19.3. The van der Waals surface area contributed by atoms with E-state index in [2.05, 4.69) is 61.1 Å². The van der Waals surface area contributed by atoms with Crippen LogP contribution in [0, 0.1) is 5.92 Å². The molecule has 0 radical (unpaired) electrons. The highest BCUT2D eigenvalue weighted by Crippen LogP contribution is 2.40. The summed E-state index contributed by atoms with van der Waals surface area (Å²) in [6.45, 7) is 25.2. The molecule has 0 spiro atoms. The third-order valence-electron chi connectivity index (χ3n) is 8.58. The third-order valence-corrected chi connectivity index (χ3v) is 8.58. The molecule has 1 rings (SSSR count). The van der Waals surface area contributed by atoms with E-state index in [0.717, 1.165) is 44.2 Å². The van der Waals surface area contributed by atoms with Gasteiger partial charge in [-0.1, -0.05) is 103 Å². The van der Waals surface area contributed by atoms with Crippen molar-refractivity contribution in [1.82, 2.24) is 0 Å². The Balaban J connectivity index is 3.49. The van der Waals surface area contributed by atoms with Gasteiger partial charge in [0, 0.05) is 5.70 Å². The Morgan fingerprint density at radius 3 is 2.00 bits per heavy atom. The topological polar surface area (TPSA) is 26.0 Å². The molecule has 0 saturated heterocycles. The van der Waals surface area contributed by atoms with Gasteiger partial charge in [0.25, 0.3) is 0 Å². The maximum Gasteiger partial charge on any atom is 0.0113 e. The highest BCUT2D eigenvalue weighted by Gasteiger charge is 2.22. The van der Waals surface area contributed by atoms with Gasteiger partial charge in [-0.3, -0.25) is 0 Å². The van der Waals surface area contributed by atoms with Crippen molar-refractivity contribution in [3.8, 4) is 0 Å². The van der Waals surface area contributed by atoms with Gasteiger partial charge >= 0.3 is 0 Å². The summed E-state index contributed by atoms with van der Waals surface area (Å²) in [5.41, 5.74) is 19.4. The lowest BCUT2D eigenvalue weighted by Crippen LogP contribution is -2.11. The highest BCUT2D eigenvalue weighted by molar-refractivity contribution is 5.55. The summed E-state index contributed by atoms with van der Waals surface area (Å²) in [5, 5.41) is 0. The normalized spacial score (nSPS) is 16.6. The quantitative estimate of drug-likeness (QED) is 0.141. The Bertz CT molecular complexity index is 864. The molecule has 1 saturated carbocycles. The lowest BCUT2D eigenvalue weighted by Gasteiger charge is -2.28. The van der Waals surface area contributed by atoms with E-state index in [1.807, 2.05) is 0 Å². The fourth-order valence-electron chi connectivity index (χ4n) is 6.20. The van der Waals surface area contributed by atoms with Crippen LogP contribution in [0.4, 0.5) is 0 Å². The average Bonchev–Trinajstić information content (AvgIpc) is 2.91. The predicted octanol–water partition coefficient (Wildman–Crippen LogP) is 12.2. The molecule has 38 heavy (non-hydrogen) atoms. The van der Waals surface area contributed by atoms with Crippen molar-refractivity contribution in [1.29, 1.82) is 0 Å². The molecule has 1 heteroatoms. The molecule has 1 atom stereocenters. The first-order chi connectivity index (χ1) is 18.2. The third kappa shape index (κ3) is 11.5. The maximum atomic E-state index is 6.72. The molecule has 2 N–H and O–H groups in total. The zero-order chi connectivity index (χ0) is 28.5. The van der Waals surface area contributed by atoms with Crippen LogP contribution in [0.3, 0.4) is 0 Å². The summed E-state index contributed by atoms with van der Waals surface area (Å²) in [5.74, 6) is 0.606. The van der Waals surface area contributed by atoms with Crippen LogP contribution in [0.2, 0.25) is 0 Å². The van der Waals surface area contributed by atoms with E-state index in [1.165, 1.54) is 110 Å². The molecule has 0 bridgehead atoms. The van der Waals surface area contributed by atoms with Crippen molar-refractivity contribution in [2.24, 2.45) is 11.7 Å². The van der Waals surface area contributed by atoms with Gasteiger partial charge in [-0.05, 0) is 125 Å². The Morgan fingerprint density at radius 1 is 0.816 bits per heavy atom. The summed E-state index contributed by atoms with van der Waals surface area (Å²) in [6, 6.07) is 0. The van der Waals surface area contributed by atoms with Gasteiger partial charge in [0.15, 0.2) is 0 Å². The van der Waals surface area contributed by atoms with Crippen LogP contribution < -0.4 is 5.73 Å². The van der Waals surface area contributed by atoms with Crippen LogP contribution in [0.15, 0.2) is 69.5 Å². The first-order valence-corrected chi connectivity index (χ1v) is 16.2. The largest absolute Gasteiger partial charge is 0.402 e. The van der Waals surface area contributed by atoms with Gasteiger partial charge < -0.3 is 5.73 Å². The zero-order valence-corrected chi connectivity index (χ0v) is 26.7. The molecule has 0 aliphatic heterocycles. The standard InChI is InChI=1S/C37H63N/c1-10-15-18-24-36(38)31(9)34(13-4)35(14-5)37(33-22-19-17-20-23-33)30(8)27-32(21-16-11-2)26-29(7)25-28(6)12-3/h25,32H,7-8,10-24,26-27,38H2,1-6,9H3/b28-25+,35-34-,36-31+. The number of rotatable bonds is 18. The molecule has 0 aromatic carbocycles. The molecule has 0 heterocycles. The molecular formula is C37H63N. The van der Waals surface area contributed by atoms with E-state index >= 15 is 0 Å². The molecule has 1 aliphatic carbocycles. The Kier molecular flexibility index (Phi) is 17.4. The zero-order valence-electron chi connectivity index (χ0n) is 26.7. The Morgan fingerprint density at radius 2 is 1.45 bits per heavy atom. The van der Waals surface area contributed by atoms with Gasteiger partial charge in [0.05, 0.1) is 0 Å². The summed E-state index contributed by atoms with van der Waals surface area (Å²) in [4.78, 5) is 0. The van der Waals surface area contributed by atoms with Crippen molar-refractivity contribution < 1.29 is 0 Å². The minimum atomic E-state index is 0.606. The average molecular weight is 522 g/mol. The van der Waals surface area contributed by atoms with E-state index in [-0.39, 0.29) is 0 Å². The second-order valence-electron chi connectivity index (χ2n) is 11.8. The number of hydrogen-bond donors (Lipinski definition) is 1. The van der Waals surface area contributed by atoms with Crippen LogP contribution in [0.1, 0.15) is 158 Å². The van der Waals surface area contributed by atoms with E-state index < -0.39 is 0 Å². The molecular weight excluding hydrogens is 458 g/mol. The highest BCUT2D eigenvalue weighted by atomic mass is 14.6. The van der Waals surface area contributed by atoms with Gasteiger partial charge in [-0.25, -0.2) is 0 Å². The Labute approximate surface area is 238 Å². The van der Waals surface area contributed by atoms with E-state index in [9.17, 15) is 0 Å². The number of unbranched alkanes of at least 4 members (excludes halogenated alkanes) is 3. The van der Waals surface area contributed by atoms with Crippen molar-refractivity contribution >= 4 is 0 Å². The SMILES string of the molecule is C=C(/C=C(\C)CC)CC(CCCC)CC(=C)C(=C1CCCCC1)/C(CC)=C(CC)\C(C)=C(\N)CCCCC. The van der Waals surface area contributed by atoms with Gasteiger partial charge in [0.2, 0.25) is 0 Å². The van der Waals surface area contributed by atoms with Crippen LogP contribution in [0.25, 0.3) is 0 Å². The van der Waals surface area contributed by atoms with Gasteiger partial charge in [-0.2, -0.15) is 0 Å². The maximum absolute atomic E-state index is 6.72. The lowest BCUT2D eigenvalue weighted by molar-refractivity contribution is 0.461. The first kappa shape index (κ1) is 34.3. The van der Waals surface area contributed by atoms with Crippen LogP contribution in [-0.4, -0.2) is 0 Å². The molecule has 1 fully saturated rings. The van der Waals surface area contributed by atoms with Crippen LogP contribution in [0.5, 0.6) is 0 Å². The van der Waals surface area contributed by atoms with Crippen molar-refractivity contribution in [3.05, 3.63) is 69.5 Å². The first-order valence-electron chi connectivity index (χ1n) is 16.2. The predicted molar refractivity (Wildman–Crippen MR) is 173 cm³/mol. The molecule has 0 aromatic rings. The molecule has 1 nitrogen and oxygen atoms in total.